The summed E-state index contributed by atoms with van der Waals surface area (Å²) in [6.07, 6.45) is -3.04. The number of benzene rings is 2. The number of pyridine rings is 1. The molecule has 33 heavy (non-hydrogen) atoms. The molecule has 0 bridgehead atoms. The minimum atomic E-state index is -4.47. The van der Waals surface area contributed by atoms with E-state index in [4.69, 9.17) is 9.47 Å². The van der Waals surface area contributed by atoms with Crippen molar-refractivity contribution in [3.05, 3.63) is 71.5 Å². The molecule has 168 valence electrons. The van der Waals surface area contributed by atoms with Gasteiger partial charge in [0.05, 0.1) is 37.2 Å². The van der Waals surface area contributed by atoms with Gasteiger partial charge >= 0.3 is 18.1 Å². The second-order valence-electron chi connectivity index (χ2n) is 6.80. The number of hydrogen-bond acceptors (Lipinski definition) is 7. The number of fused-ring (bicyclic) bond motifs is 1. The Bertz CT molecular complexity index is 1360. The predicted octanol–water partition coefficient (Wildman–Crippen LogP) is 4.07. The van der Waals surface area contributed by atoms with Crippen LogP contribution in [0.15, 0.2) is 54.7 Å². The fourth-order valence-electron chi connectivity index (χ4n) is 3.33. The van der Waals surface area contributed by atoms with Crippen molar-refractivity contribution in [3.63, 3.8) is 0 Å². The smallest absolute Gasteiger partial charge is 0.416 e. The zero-order valence-corrected chi connectivity index (χ0v) is 17.3. The highest BCUT2D eigenvalue weighted by atomic mass is 19.4. The molecule has 2 aromatic carbocycles. The molecule has 0 radical (unpaired) electrons. The van der Waals surface area contributed by atoms with Crippen LogP contribution < -0.4 is 0 Å². The molecular formula is C22H15F3N4O4. The van der Waals surface area contributed by atoms with Gasteiger partial charge in [-0.1, -0.05) is 23.4 Å². The third-order valence-corrected chi connectivity index (χ3v) is 4.87. The lowest BCUT2D eigenvalue weighted by Gasteiger charge is -2.13. The fraction of sp³-hybridized carbons (Fsp3) is 0.136. The van der Waals surface area contributed by atoms with Gasteiger partial charge in [0.2, 0.25) is 0 Å². The van der Waals surface area contributed by atoms with Crippen LogP contribution in [0.4, 0.5) is 13.2 Å². The summed E-state index contributed by atoms with van der Waals surface area (Å²) in [4.78, 5) is 29.3. The van der Waals surface area contributed by atoms with Crippen molar-refractivity contribution in [2.24, 2.45) is 0 Å². The Labute approximate surface area is 184 Å². The number of nitrogens with zero attached hydrogens (tertiary/aromatic N) is 4. The maximum atomic E-state index is 12.9. The van der Waals surface area contributed by atoms with E-state index in [0.717, 1.165) is 26.4 Å². The number of carbonyl (C=O) groups excluding carboxylic acids is 2. The quantitative estimate of drug-likeness (QED) is 0.427. The average molecular weight is 456 g/mol. The maximum absolute atomic E-state index is 12.9. The topological polar surface area (TPSA) is 96.2 Å². The number of esters is 2. The van der Waals surface area contributed by atoms with Gasteiger partial charge in [-0.25, -0.2) is 19.3 Å². The van der Waals surface area contributed by atoms with Crippen molar-refractivity contribution < 1.29 is 32.2 Å². The van der Waals surface area contributed by atoms with E-state index in [2.05, 4.69) is 15.3 Å². The third kappa shape index (κ3) is 4.00. The van der Waals surface area contributed by atoms with Crippen molar-refractivity contribution in [1.82, 2.24) is 20.0 Å². The molecule has 0 atom stereocenters. The number of para-hydroxylation sites is 1. The Balaban J connectivity index is 1.92. The molecule has 0 spiro atoms. The first-order valence-corrected chi connectivity index (χ1v) is 9.44. The van der Waals surface area contributed by atoms with Crippen LogP contribution in [-0.2, 0) is 15.7 Å². The molecule has 8 nitrogen and oxygen atoms in total. The van der Waals surface area contributed by atoms with E-state index in [0.29, 0.717) is 16.6 Å². The zero-order chi connectivity index (χ0) is 23.8. The number of methoxy groups -OCH3 is 2. The summed E-state index contributed by atoms with van der Waals surface area (Å²) >= 11 is 0. The lowest BCUT2D eigenvalue weighted by Crippen LogP contribution is -2.16. The van der Waals surface area contributed by atoms with Gasteiger partial charge in [-0.2, -0.15) is 13.2 Å². The van der Waals surface area contributed by atoms with Crippen LogP contribution in [0.3, 0.4) is 0 Å². The number of ether oxygens (including phenoxy) is 2. The predicted molar refractivity (Wildman–Crippen MR) is 110 cm³/mol. The standard InChI is InChI=1S/C22H15F3N4O4/c1-32-20(30)18-17(14-5-3-4-6-15(14)26-19(18)21(31)33-2)16-11-29(28-27-16)13-9-7-12(8-10-13)22(23,24)25/h3-11H,1-2H3. The van der Waals surface area contributed by atoms with Crippen LogP contribution in [0.2, 0.25) is 0 Å². The Kier molecular flexibility index (Phi) is 5.54. The third-order valence-electron chi connectivity index (χ3n) is 4.87. The molecule has 0 unspecified atom stereocenters. The first-order chi connectivity index (χ1) is 15.7. The molecule has 0 aliphatic carbocycles. The van der Waals surface area contributed by atoms with Crippen molar-refractivity contribution in [2.75, 3.05) is 14.2 Å². The van der Waals surface area contributed by atoms with Crippen LogP contribution in [0.5, 0.6) is 0 Å². The van der Waals surface area contributed by atoms with E-state index < -0.39 is 23.7 Å². The molecule has 11 heteroatoms. The highest BCUT2D eigenvalue weighted by molar-refractivity contribution is 6.12. The van der Waals surface area contributed by atoms with Gasteiger partial charge in [0.1, 0.15) is 11.3 Å². The van der Waals surface area contributed by atoms with Gasteiger partial charge in [0, 0.05) is 10.9 Å². The summed E-state index contributed by atoms with van der Waals surface area (Å²) < 4.78 is 49.5. The summed E-state index contributed by atoms with van der Waals surface area (Å²) in [6.45, 7) is 0. The van der Waals surface area contributed by atoms with Crippen LogP contribution in [0.1, 0.15) is 26.4 Å². The molecular weight excluding hydrogens is 441 g/mol. The SMILES string of the molecule is COC(=O)c1nc2ccccc2c(-c2cn(-c3ccc(C(F)(F)F)cc3)nn2)c1C(=O)OC. The van der Waals surface area contributed by atoms with E-state index in [-0.39, 0.29) is 22.5 Å². The molecule has 0 aliphatic rings. The van der Waals surface area contributed by atoms with Crippen LogP contribution in [-0.4, -0.2) is 46.1 Å². The first kappa shape index (κ1) is 21.9. The highest BCUT2D eigenvalue weighted by Gasteiger charge is 2.31. The van der Waals surface area contributed by atoms with Gasteiger partial charge in [-0.3, -0.25) is 0 Å². The van der Waals surface area contributed by atoms with E-state index in [1.54, 1.807) is 24.3 Å². The van der Waals surface area contributed by atoms with Crippen molar-refractivity contribution in [1.29, 1.82) is 0 Å². The number of carbonyl (C=O) groups is 2. The molecule has 0 N–H and O–H groups in total. The van der Waals surface area contributed by atoms with Crippen molar-refractivity contribution >= 4 is 22.8 Å². The highest BCUT2D eigenvalue weighted by Crippen LogP contribution is 2.34. The molecule has 0 fully saturated rings. The fourth-order valence-corrected chi connectivity index (χ4v) is 3.33. The molecule has 2 aromatic heterocycles. The summed E-state index contributed by atoms with van der Waals surface area (Å²) in [5.41, 5.74) is -0.116. The number of rotatable bonds is 4. The van der Waals surface area contributed by atoms with Gasteiger partial charge in [0.25, 0.3) is 0 Å². The van der Waals surface area contributed by atoms with E-state index in [1.165, 1.54) is 23.0 Å². The minimum absolute atomic E-state index is 0.164. The van der Waals surface area contributed by atoms with Gasteiger partial charge < -0.3 is 9.47 Å². The molecule has 0 amide bonds. The molecule has 0 aliphatic heterocycles. The normalized spacial score (nSPS) is 11.4. The number of aromatic nitrogens is 4. The Morgan fingerprint density at radius 2 is 1.61 bits per heavy atom. The summed E-state index contributed by atoms with van der Waals surface area (Å²) in [7, 11) is 2.31. The van der Waals surface area contributed by atoms with Gasteiger partial charge in [0.15, 0.2) is 5.69 Å². The maximum Gasteiger partial charge on any atom is 0.416 e. The summed E-state index contributed by atoms with van der Waals surface area (Å²) in [6, 6.07) is 11.1. The van der Waals surface area contributed by atoms with Crippen molar-refractivity contribution in [2.45, 2.75) is 6.18 Å². The Morgan fingerprint density at radius 1 is 0.939 bits per heavy atom. The monoisotopic (exact) mass is 456 g/mol. The first-order valence-electron chi connectivity index (χ1n) is 9.44. The van der Waals surface area contributed by atoms with Crippen LogP contribution in [0, 0.1) is 0 Å². The van der Waals surface area contributed by atoms with Crippen LogP contribution in [0.25, 0.3) is 27.8 Å². The minimum Gasteiger partial charge on any atom is -0.465 e. The van der Waals surface area contributed by atoms with E-state index in [1.807, 2.05) is 0 Å². The second kappa shape index (κ2) is 8.34. The average Bonchev–Trinajstić information content (AvgIpc) is 3.31. The molecule has 0 saturated carbocycles. The number of halogens is 3. The second-order valence-corrected chi connectivity index (χ2v) is 6.80. The number of hydrogen-bond donors (Lipinski definition) is 0. The summed E-state index contributed by atoms with van der Waals surface area (Å²) in [5.74, 6) is -1.69. The summed E-state index contributed by atoms with van der Waals surface area (Å²) in [5, 5.41) is 8.56. The van der Waals surface area contributed by atoms with E-state index in [9.17, 15) is 22.8 Å². The lowest BCUT2D eigenvalue weighted by atomic mass is 9.98. The van der Waals surface area contributed by atoms with Crippen molar-refractivity contribution in [3.8, 4) is 16.9 Å². The Morgan fingerprint density at radius 3 is 2.24 bits per heavy atom. The molecule has 0 saturated heterocycles. The lowest BCUT2D eigenvalue weighted by molar-refractivity contribution is -0.137. The van der Waals surface area contributed by atoms with E-state index >= 15 is 0 Å². The molecule has 4 aromatic rings. The van der Waals surface area contributed by atoms with Crippen LogP contribution >= 0.6 is 0 Å². The van der Waals surface area contributed by atoms with Gasteiger partial charge in [-0.05, 0) is 30.3 Å². The molecule has 2 heterocycles. The Hall–Kier alpha value is -4.28. The largest absolute Gasteiger partial charge is 0.465 e. The van der Waals surface area contributed by atoms with Gasteiger partial charge in [-0.15, -0.1) is 5.10 Å². The molecule has 4 rings (SSSR count). The number of alkyl halides is 3. The zero-order valence-electron chi connectivity index (χ0n) is 17.3.